The van der Waals surface area contributed by atoms with Gasteiger partial charge in [-0.2, -0.15) is 0 Å². The molecule has 0 saturated carbocycles. The fourth-order valence-electron chi connectivity index (χ4n) is 7.74. The summed E-state index contributed by atoms with van der Waals surface area (Å²) in [6, 6.07) is 61.2. The van der Waals surface area contributed by atoms with Gasteiger partial charge in [0.1, 0.15) is 0 Å². The molecular weight excluding hydrogens is 695 g/mol. The van der Waals surface area contributed by atoms with Crippen molar-refractivity contribution in [2.75, 3.05) is 4.90 Å². The van der Waals surface area contributed by atoms with E-state index in [1.807, 2.05) is 17.4 Å². The maximum atomic E-state index is 4.18. The fraction of sp³-hybridized carbons (Fsp3) is 0.0370. The summed E-state index contributed by atoms with van der Waals surface area (Å²) in [7, 11) is 0. The van der Waals surface area contributed by atoms with E-state index >= 15 is 0 Å². The van der Waals surface area contributed by atoms with Gasteiger partial charge >= 0.3 is 0 Å². The highest BCUT2D eigenvalue weighted by molar-refractivity contribution is 7.26. The highest BCUT2D eigenvalue weighted by atomic mass is 32.1. The summed E-state index contributed by atoms with van der Waals surface area (Å²) in [6.45, 7) is 4.18. The summed E-state index contributed by atoms with van der Waals surface area (Å²) in [6.07, 6.45) is 17.2. The molecule has 9 rings (SSSR count). The molecule has 1 aliphatic carbocycles. The smallest absolute Gasteiger partial charge is 0.0461 e. The Bertz CT molecular complexity index is 2780. The lowest BCUT2D eigenvalue weighted by atomic mass is 9.89. The molecule has 1 aliphatic rings. The molecule has 0 radical (unpaired) electrons. The van der Waals surface area contributed by atoms with Gasteiger partial charge in [-0.15, -0.1) is 11.3 Å². The first kappa shape index (κ1) is 35.0. The Morgan fingerprint density at radius 3 is 1.91 bits per heavy atom. The average molecular weight is 736 g/mol. The third-order valence-electron chi connectivity index (χ3n) is 10.6. The van der Waals surface area contributed by atoms with Crippen LogP contribution in [-0.2, 0) is 0 Å². The zero-order valence-corrected chi connectivity index (χ0v) is 32.0. The summed E-state index contributed by atoms with van der Waals surface area (Å²) >= 11 is 1.89. The van der Waals surface area contributed by atoms with Crippen LogP contribution in [0.1, 0.15) is 24.0 Å². The van der Waals surface area contributed by atoms with E-state index in [9.17, 15) is 0 Å². The van der Waals surface area contributed by atoms with Crippen LogP contribution in [0.15, 0.2) is 219 Å². The molecule has 0 amide bonds. The first-order chi connectivity index (χ1) is 27.7. The molecule has 0 atom stereocenters. The Hall–Kier alpha value is -6.74. The Morgan fingerprint density at radius 1 is 0.571 bits per heavy atom. The molecule has 0 N–H and O–H groups in total. The molecule has 0 saturated heterocycles. The van der Waals surface area contributed by atoms with Crippen LogP contribution < -0.4 is 4.90 Å². The van der Waals surface area contributed by atoms with Crippen molar-refractivity contribution in [3.8, 4) is 33.4 Å². The normalized spacial score (nSPS) is 13.0. The summed E-state index contributed by atoms with van der Waals surface area (Å²) in [4.78, 5) is 2.30. The zero-order chi connectivity index (χ0) is 37.7. The zero-order valence-electron chi connectivity index (χ0n) is 31.2. The highest BCUT2D eigenvalue weighted by Crippen LogP contribution is 2.44. The number of benzene rings is 7. The van der Waals surface area contributed by atoms with Crippen molar-refractivity contribution in [3.63, 3.8) is 0 Å². The van der Waals surface area contributed by atoms with E-state index < -0.39 is 0 Å². The minimum absolute atomic E-state index is 1.01. The van der Waals surface area contributed by atoms with Crippen LogP contribution in [-0.4, -0.2) is 0 Å². The van der Waals surface area contributed by atoms with Crippen LogP contribution in [0.4, 0.5) is 11.4 Å². The molecule has 1 aromatic heterocycles. The molecule has 0 spiro atoms. The molecule has 1 heterocycles. The second-order valence-electron chi connectivity index (χ2n) is 14.1. The van der Waals surface area contributed by atoms with Crippen LogP contribution in [0.2, 0.25) is 0 Å². The van der Waals surface area contributed by atoms with Crippen LogP contribution in [0, 0.1) is 0 Å². The Kier molecular flexibility index (Phi) is 9.95. The maximum absolute atomic E-state index is 4.18. The molecule has 1 nitrogen and oxygen atoms in total. The van der Waals surface area contributed by atoms with E-state index in [0.717, 1.165) is 35.4 Å². The molecule has 2 heteroatoms. The Morgan fingerprint density at radius 2 is 1.21 bits per heavy atom. The standard InChI is InChI=1S/C54H41NS/c1-2-39(42-27-29-43(30-28-42)40-16-6-3-7-17-40)22-15-37-55(46-33-31-44(32-34-46)41-18-8-4-9-19-41)47-35-36-48(52(38-47)45-20-10-5-11-21-45)50-24-14-25-51-49-23-12-13-26-53(49)56-54(50)51/h2-10,12-20,22-38H,1,11,21H2/b37-15+,39-22+. The molecule has 0 aliphatic heterocycles. The van der Waals surface area contributed by atoms with Crippen molar-refractivity contribution >= 4 is 54.0 Å². The number of nitrogens with zero attached hydrogens (tertiary/aromatic N) is 1. The topological polar surface area (TPSA) is 3.24 Å². The minimum Gasteiger partial charge on any atom is -0.317 e. The van der Waals surface area contributed by atoms with Gasteiger partial charge in [-0.25, -0.2) is 0 Å². The number of fused-ring (bicyclic) bond motifs is 3. The minimum atomic E-state index is 1.01. The number of hydrogen-bond donors (Lipinski definition) is 0. The lowest BCUT2D eigenvalue weighted by Gasteiger charge is -2.24. The van der Waals surface area contributed by atoms with Gasteiger partial charge in [0.2, 0.25) is 0 Å². The van der Waals surface area contributed by atoms with E-state index in [2.05, 4.69) is 218 Å². The Labute approximate surface area is 333 Å². The second-order valence-corrected chi connectivity index (χ2v) is 15.1. The largest absolute Gasteiger partial charge is 0.317 e. The van der Waals surface area contributed by atoms with E-state index in [4.69, 9.17) is 0 Å². The van der Waals surface area contributed by atoms with Gasteiger partial charge < -0.3 is 4.90 Å². The van der Waals surface area contributed by atoms with Crippen molar-refractivity contribution < 1.29 is 0 Å². The van der Waals surface area contributed by atoms with Gasteiger partial charge in [0.15, 0.2) is 0 Å². The van der Waals surface area contributed by atoms with Gasteiger partial charge in [0, 0.05) is 43.3 Å². The van der Waals surface area contributed by atoms with E-state index in [1.165, 1.54) is 64.7 Å². The van der Waals surface area contributed by atoms with Crippen LogP contribution >= 0.6 is 11.3 Å². The van der Waals surface area contributed by atoms with E-state index in [0.29, 0.717) is 0 Å². The summed E-state index contributed by atoms with van der Waals surface area (Å²) in [5.41, 5.74) is 14.4. The van der Waals surface area contributed by atoms with E-state index in [-0.39, 0.29) is 0 Å². The summed E-state index contributed by atoms with van der Waals surface area (Å²) < 4.78 is 2.66. The molecule has 56 heavy (non-hydrogen) atoms. The van der Waals surface area contributed by atoms with Crippen LogP contribution in [0.5, 0.6) is 0 Å². The number of allylic oxidation sites excluding steroid dienone is 8. The van der Waals surface area contributed by atoms with Crippen molar-refractivity contribution in [2.24, 2.45) is 0 Å². The Balaban J connectivity index is 1.14. The molecule has 0 unspecified atom stereocenters. The molecule has 0 bridgehead atoms. The van der Waals surface area contributed by atoms with Crippen molar-refractivity contribution in [2.45, 2.75) is 12.8 Å². The maximum Gasteiger partial charge on any atom is 0.0461 e. The third kappa shape index (κ3) is 7.11. The average Bonchev–Trinajstić information content (AvgIpc) is 3.67. The fourth-order valence-corrected chi connectivity index (χ4v) is 8.97. The number of rotatable bonds is 10. The second kappa shape index (κ2) is 15.9. The van der Waals surface area contributed by atoms with Gasteiger partial charge in [0.05, 0.1) is 0 Å². The van der Waals surface area contributed by atoms with Gasteiger partial charge in [-0.05, 0) is 99.3 Å². The van der Waals surface area contributed by atoms with Crippen molar-refractivity contribution in [1.29, 1.82) is 0 Å². The van der Waals surface area contributed by atoms with Crippen molar-refractivity contribution in [3.05, 3.63) is 230 Å². The summed E-state index contributed by atoms with van der Waals surface area (Å²) in [5.74, 6) is 0. The third-order valence-corrected chi connectivity index (χ3v) is 11.9. The quantitative estimate of drug-likeness (QED) is 0.126. The molecular formula is C54H41NS. The SMILES string of the molecule is C=C/C(=C\C=C\N(c1ccc(-c2ccccc2)cc1)c1ccc(-c2cccc3c2sc2ccccc23)c(C2=CC=CCC2)c1)c1ccc(-c2ccccc2)cc1. The number of hydrogen-bond acceptors (Lipinski definition) is 2. The highest BCUT2D eigenvalue weighted by Gasteiger charge is 2.18. The summed E-state index contributed by atoms with van der Waals surface area (Å²) in [5, 5.41) is 2.64. The predicted octanol–water partition coefficient (Wildman–Crippen LogP) is 15.7. The van der Waals surface area contributed by atoms with Gasteiger partial charge in [-0.3, -0.25) is 0 Å². The predicted molar refractivity (Wildman–Crippen MR) is 244 cm³/mol. The van der Waals surface area contributed by atoms with Gasteiger partial charge in [-0.1, -0.05) is 176 Å². The molecule has 8 aromatic rings. The number of anilines is 2. The first-order valence-electron chi connectivity index (χ1n) is 19.3. The lowest BCUT2D eigenvalue weighted by molar-refractivity contribution is 1.05. The number of thiophene rings is 1. The monoisotopic (exact) mass is 735 g/mol. The van der Waals surface area contributed by atoms with Crippen molar-refractivity contribution in [1.82, 2.24) is 0 Å². The van der Waals surface area contributed by atoms with E-state index in [1.54, 1.807) is 0 Å². The van der Waals surface area contributed by atoms with Crippen LogP contribution in [0.25, 0.3) is 64.7 Å². The first-order valence-corrected chi connectivity index (χ1v) is 20.1. The molecule has 268 valence electrons. The molecule has 7 aromatic carbocycles. The lowest BCUT2D eigenvalue weighted by Crippen LogP contribution is -2.09. The van der Waals surface area contributed by atoms with Crippen LogP contribution in [0.3, 0.4) is 0 Å². The van der Waals surface area contributed by atoms with Gasteiger partial charge in [0.25, 0.3) is 0 Å². The molecule has 0 fully saturated rings.